The monoisotopic (exact) mass is 532 g/mol. The van der Waals surface area contributed by atoms with Gasteiger partial charge in [-0.2, -0.15) is 0 Å². The van der Waals surface area contributed by atoms with Gasteiger partial charge in [0.25, 0.3) is 5.91 Å². The van der Waals surface area contributed by atoms with E-state index in [2.05, 4.69) is 5.32 Å². The van der Waals surface area contributed by atoms with Crippen LogP contribution in [0, 0.1) is 0 Å². The molecule has 2 aliphatic heterocycles. The Morgan fingerprint density at radius 1 is 0.947 bits per heavy atom. The van der Waals surface area contributed by atoms with Crippen LogP contribution in [0.15, 0.2) is 91.0 Å². The first kappa shape index (κ1) is 25.8. The van der Waals surface area contributed by atoms with Gasteiger partial charge < -0.3 is 19.3 Å². The third-order valence-corrected chi connectivity index (χ3v) is 9.10. The lowest BCUT2D eigenvalue weighted by atomic mass is 9.95. The predicted octanol–water partition coefficient (Wildman–Crippen LogP) is 3.69. The highest BCUT2D eigenvalue weighted by Crippen LogP contribution is 2.47. The number of esters is 1. The van der Waals surface area contributed by atoms with Gasteiger partial charge in [0.05, 0.1) is 0 Å². The molecule has 0 aromatic heterocycles. The zero-order valence-corrected chi connectivity index (χ0v) is 21.8. The Morgan fingerprint density at radius 2 is 1.47 bits per heavy atom. The summed E-state index contributed by atoms with van der Waals surface area (Å²) in [5.41, 5.74) is 2.34. The van der Waals surface area contributed by atoms with Crippen LogP contribution in [-0.4, -0.2) is 49.6 Å². The van der Waals surface area contributed by atoms with Gasteiger partial charge >= 0.3 is 12.1 Å². The first-order chi connectivity index (χ1) is 18.3. The number of fused-ring (bicyclic) bond motifs is 1. The van der Waals surface area contributed by atoms with Crippen molar-refractivity contribution in [3.63, 3.8) is 0 Å². The van der Waals surface area contributed by atoms with Crippen LogP contribution in [0.25, 0.3) is 0 Å². The summed E-state index contributed by atoms with van der Waals surface area (Å²) in [6, 6.07) is 25.6. The summed E-state index contributed by atoms with van der Waals surface area (Å²) >= 11 is -1.65. The lowest BCUT2D eigenvalue weighted by Gasteiger charge is -2.41. The van der Waals surface area contributed by atoms with Gasteiger partial charge in [-0.1, -0.05) is 91.0 Å². The van der Waals surface area contributed by atoms with Crippen molar-refractivity contribution in [2.45, 2.75) is 48.8 Å². The van der Waals surface area contributed by atoms with Gasteiger partial charge in [0.2, 0.25) is 5.37 Å². The molecule has 2 heterocycles. The maximum Gasteiger partial charge on any atom is 0.408 e. The molecule has 0 saturated carbocycles. The van der Waals surface area contributed by atoms with Gasteiger partial charge in [-0.15, -0.1) is 0 Å². The Hall–Kier alpha value is -3.82. The molecule has 1 unspecified atom stereocenters. The second-order valence-corrected chi connectivity index (χ2v) is 11.9. The molecular formula is C29H28N2O6S. The Balaban J connectivity index is 1.31. The molecule has 2 amide bonds. The lowest BCUT2D eigenvalue weighted by molar-refractivity contribution is -0.166. The number of amides is 2. The highest BCUT2D eigenvalue weighted by atomic mass is 32.2. The van der Waals surface area contributed by atoms with E-state index in [1.165, 1.54) is 4.90 Å². The van der Waals surface area contributed by atoms with Gasteiger partial charge in [0.15, 0.2) is 22.9 Å². The molecule has 2 aliphatic rings. The Labute approximate surface area is 224 Å². The van der Waals surface area contributed by atoms with Crippen LogP contribution in [-0.2, 0) is 36.8 Å². The summed E-state index contributed by atoms with van der Waals surface area (Å²) in [7, 11) is 0. The highest BCUT2D eigenvalue weighted by molar-refractivity contribution is 7.94. The first-order valence-electron chi connectivity index (χ1n) is 12.3. The Morgan fingerprint density at radius 3 is 2.03 bits per heavy atom. The summed E-state index contributed by atoms with van der Waals surface area (Å²) in [4.78, 5) is 40.5. The number of rotatable bonds is 7. The van der Waals surface area contributed by atoms with Gasteiger partial charge in [-0.3, -0.25) is 9.69 Å². The summed E-state index contributed by atoms with van der Waals surface area (Å²) in [5.74, 6) is -1.15. The molecule has 3 aromatic rings. The van der Waals surface area contributed by atoms with Crippen molar-refractivity contribution in [1.82, 2.24) is 10.2 Å². The molecule has 196 valence electrons. The number of nitrogens with zero attached hydrogens (tertiary/aromatic N) is 1. The third kappa shape index (κ3) is 4.75. The molecule has 0 radical (unpaired) electrons. The summed E-state index contributed by atoms with van der Waals surface area (Å²) in [6.07, 6.45) is -1.49. The minimum absolute atomic E-state index is 0.0336. The molecule has 0 aliphatic carbocycles. The molecular weight excluding hydrogens is 504 g/mol. The number of carbonyl (C=O) groups is 3. The largest absolute Gasteiger partial charge is 0.614 e. The molecule has 38 heavy (non-hydrogen) atoms. The summed E-state index contributed by atoms with van der Waals surface area (Å²) < 4.78 is 23.6. The number of β-lactam (4-membered cyclic amide) rings is 1. The zero-order valence-electron chi connectivity index (χ0n) is 21.0. The fourth-order valence-electron chi connectivity index (χ4n) is 4.93. The number of ether oxygens (including phenoxy) is 2. The van der Waals surface area contributed by atoms with Crippen molar-refractivity contribution >= 4 is 29.1 Å². The molecule has 9 heteroatoms. The Kier molecular flexibility index (Phi) is 7.14. The Bertz CT molecular complexity index is 1260. The van der Waals surface area contributed by atoms with Crippen LogP contribution in [0.3, 0.4) is 0 Å². The van der Waals surface area contributed by atoms with Crippen molar-refractivity contribution in [2.75, 3.05) is 0 Å². The topological polar surface area (TPSA) is 108 Å². The van der Waals surface area contributed by atoms with E-state index < -0.39 is 57.5 Å². The van der Waals surface area contributed by atoms with E-state index in [-0.39, 0.29) is 6.61 Å². The van der Waals surface area contributed by atoms with Crippen molar-refractivity contribution in [3.05, 3.63) is 108 Å². The van der Waals surface area contributed by atoms with Crippen LogP contribution in [0.4, 0.5) is 4.79 Å². The minimum atomic E-state index is -1.65. The second kappa shape index (κ2) is 10.5. The minimum Gasteiger partial charge on any atom is -0.614 e. The summed E-state index contributed by atoms with van der Waals surface area (Å²) in [5, 5.41) is 1.68. The fourth-order valence-corrected chi connectivity index (χ4v) is 6.85. The average Bonchev–Trinajstić information content (AvgIpc) is 3.13. The normalized spacial score (nSPS) is 23.4. The number of nitrogens with one attached hydrogen (secondary N) is 1. The molecule has 8 nitrogen and oxygen atoms in total. The van der Waals surface area contributed by atoms with E-state index in [4.69, 9.17) is 9.47 Å². The van der Waals surface area contributed by atoms with Crippen molar-refractivity contribution in [2.24, 2.45) is 0 Å². The van der Waals surface area contributed by atoms with E-state index in [0.29, 0.717) is 0 Å². The number of hydrogen-bond donors (Lipinski definition) is 1. The van der Waals surface area contributed by atoms with Crippen LogP contribution in [0.2, 0.25) is 0 Å². The third-order valence-electron chi connectivity index (χ3n) is 6.90. The van der Waals surface area contributed by atoms with Gasteiger partial charge in [0, 0.05) is 0 Å². The first-order valence-corrected chi connectivity index (χ1v) is 13.5. The number of benzene rings is 3. The standard InChI is InChI=1S/C29H28N2O6S/c1-29(2)24(27(33)37-23(20-14-8-4-9-15-20)21-16-10-5-11-17-21)31-25(32)22(26(31)38(29)35)30-28(34)36-18-19-12-6-3-7-13-19/h3-17,22-24,26H,18H2,1-2H3,(H,30,34)/t22-,24+,26-,38?/m1/s1. The smallest absolute Gasteiger partial charge is 0.408 e. The molecule has 2 saturated heterocycles. The molecule has 5 rings (SSSR count). The fraction of sp³-hybridized carbons (Fsp3) is 0.276. The number of alkyl carbamates (subject to hydrolysis) is 1. The van der Waals surface area contributed by atoms with E-state index in [9.17, 15) is 18.9 Å². The SMILES string of the molecule is CC1(C)[C@H](C(=O)OC(c2ccccc2)c2ccccc2)N2C(=O)[C@@H](NC(=O)OCc3ccccc3)[C@H]2[S+]1[O-]. The van der Waals surface area contributed by atoms with E-state index in [1.807, 2.05) is 91.0 Å². The van der Waals surface area contributed by atoms with Crippen LogP contribution in [0.1, 0.15) is 36.6 Å². The molecule has 0 bridgehead atoms. The van der Waals surface area contributed by atoms with E-state index in [0.717, 1.165) is 16.7 Å². The zero-order chi connectivity index (χ0) is 26.9. The molecule has 0 spiro atoms. The van der Waals surface area contributed by atoms with Crippen LogP contribution < -0.4 is 5.32 Å². The maximum absolute atomic E-state index is 13.6. The van der Waals surface area contributed by atoms with E-state index in [1.54, 1.807) is 13.8 Å². The van der Waals surface area contributed by atoms with Gasteiger partial charge in [0.1, 0.15) is 6.61 Å². The molecule has 3 aromatic carbocycles. The van der Waals surface area contributed by atoms with Gasteiger partial charge in [-0.25, -0.2) is 9.59 Å². The van der Waals surface area contributed by atoms with E-state index >= 15 is 0 Å². The molecule has 4 atom stereocenters. The quantitative estimate of drug-likeness (QED) is 0.283. The maximum atomic E-state index is 13.6. The lowest BCUT2D eigenvalue weighted by Crippen LogP contribution is -2.72. The number of hydrogen-bond acceptors (Lipinski definition) is 6. The molecule has 2 fully saturated rings. The second-order valence-electron chi connectivity index (χ2n) is 9.76. The van der Waals surface area contributed by atoms with Crippen molar-refractivity contribution in [1.29, 1.82) is 0 Å². The predicted molar refractivity (Wildman–Crippen MR) is 141 cm³/mol. The summed E-state index contributed by atoms with van der Waals surface area (Å²) in [6.45, 7) is 3.38. The average molecular weight is 533 g/mol. The van der Waals surface area contributed by atoms with Crippen molar-refractivity contribution in [3.8, 4) is 0 Å². The van der Waals surface area contributed by atoms with Gasteiger partial charge in [-0.05, 0) is 41.7 Å². The highest BCUT2D eigenvalue weighted by Gasteiger charge is 2.73. The van der Waals surface area contributed by atoms with Crippen molar-refractivity contribution < 1.29 is 28.4 Å². The molecule has 1 N–H and O–H groups in total. The number of carbonyl (C=O) groups excluding carboxylic acids is 3. The van der Waals surface area contributed by atoms with Crippen LogP contribution >= 0.6 is 0 Å². The van der Waals surface area contributed by atoms with Crippen LogP contribution in [0.5, 0.6) is 0 Å².